The molecule has 5 heteroatoms. The van der Waals surface area contributed by atoms with E-state index in [9.17, 15) is 0 Å². The highest BCUT2D eigenvalue weighted by atomic mass is 16.6. The van der Waals surface area contributed by atoms with Crippen LogP contribution in [0, 0.1) is 0 Å². The van der Waals surface area contributed by atoms with Gasteiger partial charge in [0.2, 0.25) is 0 Å². The Labute approximate surface area is 138 Å². The highest BCUT2D eigenvalue weighted by molar-refractivity contribution is 6.20. The molecule has 0 atom stereocenters. The van der Waals surface area contributed by atoms with Gasteiger partial charge < -0.3 is 19.5 Å². The summed E-state index contributed by atoms with van der Waals surface area (Å²) in [6.07, 6.45) is 3.29. The van der Waals surface area contributed by atoms with Gasteiger partial charge in [-0.05, 0) is 61.1 Å². The molecule has 0 fully saturated rings. The van der Waals surface area contributed by atoms with Crippen LogP contribution in [0.5, 0.6) is 11.5 Å². The van der Waals surface area contributed by atoms with Gasteiger partial charge in [0.15, 0.2) is 0 Å². The van der Waals surface area contributed by atoms with Crippen molar-refractivity contribution in [2.24, 2.45) is 0 Å². The summed E-state index contributed by atoms with van der Waals surface area (Å²) >= 11 is 0. The summed E-state index contributed by atoms with van der Waals surface area (Å²) < 4.78 is 11.1. The van der Waals surface area contributed by atoms with Crippen molar-refractivity contribution in [2.45, 2.75) is 25.7 Å². The molecule has 2 aromatic rings. The lowest BCUT2D eigenvalue weighted by Crippen LogP contribution is -2.10. The fourth-order valence-electron chi connectivity index (χ4n) is 2.24. The molecule has 0 bridgehead atoms. The van der Waals surface area contributed by atoms with Gasteiger partial charge in [0.1, 0.15) is 11.5 Å². The molecule has 122 valence electrons. The van der Waals surface area contributed by atoms with Crippen LogP contribution in [0.15, 0.2) is 48.5 Å². The number of hydrogen-bond donors (Lipinski definition) is 2. The molecular formula is C18H23BO4. The molecule has 23 heavy (non-hydrogen) atoms. The van der Waals surface area contributed by atoms with Gasteiger partial charge in [-0.15, -0.1) is 0 Å². The first kappa shape index (κ1) is 17.4. The first-order valence-corrected chi connectivity index (χ1v) is 7.97. The van der Waals surface area contributed by atoms with E-state index < -0.39 is 0 Å². The second kappa shape index (κ2) is 9.92. The fourth-order valence-corrected chi connectivity index (χ4v) is 2.24. The van der Waals surface area contributed by atoms with Gasteiger partial charge in [-0.25, -0.2) is 0 Å². The van der Waals surface area contributed by atoms with E-state index in [1.54, 1.807) is 0 Å². The van der Waals surface area contributed by atoms with Crippen molar-refractivity contribution in [1.82, 2.24) is 0 Å². The van der Waals surface area contributed by atoms with Crippen LogP contribution in [-0.4, -0.2) is 31.1 Å². The van der Waals surface area contributed by atoms with Crippen molar-refractivity contribution in [1.29, 1.82) is 0 Å². The average Bonchev–Trinajstić information content (AvgIpc) is 2.60. The Morgan fingerprint density at radius 3 is 1.39 bits per heavy atom. The van der Waals surface area contributed by atoms with E-state index in [0.717, 1.165) is 37.2 Å². The van der Waals surface area contributed by atoms with Gasteiger partial charge in [0.05, 0.1) is 0 Å². The van der Waals surface area contributed by atoms with Crippen LogP contribution in [0.4, 0.5) is 0 Å². The van der Waals surface area contributed by atoms with E-state index in [2.05, 4.69) is 0 Å². The van der Waals surface area contributed by atoms with E-state index in [0.29, 0.717) is 0 Å². The second-order valence-corrected chi connectivity index (χ2v) is 5.35. The highest BCUT2D eigenvalue weighted by Crippen LogP contribution is 2.15. The van der Waals surface area contributed by atoms with Crippen molar-refractivity contribution in [3.63, 3.8) is 0 Å². The maximum atomic E-state index is 8.81. The van der Waals surface area contributed by atoms with Crippen molar-refractivity contribution < 1.29 is 19.5 Å². The third kappa shape index (κ3) is 6.34. The van der Waals surface area contributed by atoms with Gasteiger partial charge in [0.25, 0.3) is 0 Å². The molecule has 0 saturated heterocycles. The van der Waals surface area contributed by atoms with Crippen molar-refractivity contribution >= 4 is 7.69 Å². The zero-order chi connectivity index (χ0) is 16.3. The molecule has 0 aliphatic heterocycles. The van der Waals surface area contributed by atoms with Crippen LogP contribution >= 0.6 is 0 Å². The molecule has 0 saturated carbocycles. The minimum absolute atomic E-state index is 0.159. The highest BCUT2D eigenvalue weighted by Gasteiger charge is 2.01. The van der Waals surface area contributed by atoms with Crippen LogP contribution < -0.4 is 9.31 Å². The summed E-state index contributed by atoms with van der Waals surface area (Å²) in [4.78, 5) is 0. The molecule has 0 spiro atoms. The van der Waals surface area contributed by atoms with Gasteiger partial charge in [-0.1, -0.05) is 24.3 Å². The zero-order valence-electron chi connectivity index (χ0n) is 13.3. The van der Waals surface area contributed by atoms with Crippen LogP contribution in [0.1, 0.15) is 24.0 Å². The molecule has 2 N–H and O–H groups in total. The number of benzene rings is 2. The van der Waals surface area contributed by atoms with E-state index in [4.69, 9.17) is 19.5 Å². The number of aryl methyl sites for hydroxylation is 2. The largest absolute Gasteiger partial charge is 0.576 e. The fraction of sp³-hybridized carbons (Fsp3) is 0.333. The minimum Gasteiger partial charge on any atom is -0.529 e. The number of aliphatic hydroxyl groups is 2. The van der Waals surface area contributed by atoms with E-state index in [1.165, 1.54) is 11.1 Å². The molecule has 0 unspecified atom stereocenters. The number of hydrogen-bond acceptors (Lipinski definition) is 4. The minimum atomic E-state index is 0.159. The Bertz CT molecular complexity index is 503. The van der Waals surface area contributed by atoms with Crippen molar-refractivity contribution in [3.05, 3.63) is 59.7 Å². The smallest absolute Gasteiger partial charge is 0.529 e. The van der Waals surface area contributed by atoms with Crippen LogP contribution in [0.3, 0.4) is 0 Å². The van der Waals surface area contributed by atoms with Gasteiger partial charge in [0, 0.05) is 13.2 Å². The van der Waals surface area contributed by atoms with Gasteiger partial charge >= 0.3 is 7.69 Å². The third-order valence-electron chi connectivity index (χ3n) is 3.55. The maximum absolute atomic E-state index is 8.81. The second-order valence-electron chi connectivity index (χ2n) is 5.35. The Morgan fingerprint density at radius 1 is 0.652 bits per heavy atom. The summed E-state index contributed by atoms with van der Waals surface area (Å²) in [5.74, 6) is 1.52. The van der Waals surface area contributed by atoms with E-state index >= 15 is 0 Å². The topological polar surface area (TPSA) is 58.9 Å². The van der Waals surface area contributed by atoms with Crippen molar-refractivity contribution in [3.8, 4) is 11.5 Å². The monoisotopic (exact) mass is 314 g/mol. The molecule has 0 aliphatic rings. The summed E-state index contributed by atoms with van der Waals surface area (Å²) in [6.45, 7) is 0.426. The van der Waals surface area contributed by atoms with Gasteiger partial charge in [-0.2, -0.15) is 0 Å². The van der Waals surface area contributed by atoms with Crippen LogP contribution in [-0.2, 0) is 12.8 Å². The van der Waals surface area contributed by atoms with Crippen molar-refractivity contribution in [2.75, 3.05) is 13.2 Å². The standard InChI is InChI=1S/C18H23BO4/c20-13-1-3-15-5-9-17(10-6-15)22-19-23-18-11-7-16(8-12-18)4-2-14-21/h5-12,19-21H,1-4,13-14H2. The Hall–Kier alpha value is -1.98. The number of aliphatic hydroxyl groups excluding tert-OH is 2. The Morgan fingerprint density at radius 2 is 1.04 bits per heavy atom. The third-order valence-corrected chi connectivity index (χ3v) is 3.55. The molecule has 0 aliphatic carbocycles. The molecule has 4 nitrogen and oxygen atoms in total. The predicted molar refractivity (Wildman–Crippen MR) is 92.1 cm³/mol. The summed E-state index contributed by atoms with van der Waals surface area (Å²) in [6, 6.07) is 15.6. The lowest BCUT2D eigenvalue weighted by Gasteiger charge is -2.09. The predicted octanol–water partition coefficient (Wildman–Crippen LogP) is 2.26. The quantitative estimate of drug-likeness (QED) is 0.661. The molecule has 2 rings (SSSR count). The van der Waals surface area contributed by atoms with Crippen LogP contribution in [0.2, 0.25) is 0 Å². The summed E-state index contributed by atoms with van der Waals surface area (Å²) in [7, 11) is 0.159. The Balaban J connectivity index is 1.73. The molecule has 0 aromatic heterocycles. The summed E-state index contributed by atoms with van der Waals surface area (Å²) in [5.41, 5.74) is 2.37. The van der Waals surface area contributed by atoms with E-state index in [1.807, 2.05) is 48.5 Å². The maximum Gasteiger partial charge on any atom is 0.576 e. The summed E-state index contributed by atoms with van der Waals surface area (Å²) in [5, 5.41) is 17.6. The lowest BCUT2D eigenvalue weighted by atomic mass is 10.1. The first-order chi connectivity index (χ1) is 11.3. The normalized spacial score (nSPS) is 10.3. The average molecular weight is 314 g/mol. The van der Waals surface area contributed by atoms with Gasteiger partial charge in [-0.3, -0.25) is 0 Å². The molecule has 2 aromatic carbocycles. The van der Waals surface area contributed by atoms with Crippen LogP contribution in [0.25, 0.3) is 0 Å². The number of rotatable bonds is 10. The zero-order valence-corrected chi connectivity index (χ0v) is 13.3. The molecule has 0 heterocycles. The molecule has 0 radical (unpaired) electrons. The Kier molecular flexibility index (Phi) is 7.50. The molecular weight excluding hydrogens is 291 g/mol. The molecule has 0 amide bonds. The van der Waals surface area contributed by atoms with E-state index in [-0.39, 0.29) is 20.9 Å². The lowest BCUT2D eigenvalue weighted by molar-refractivity contribution is 0.288. The first-order valence-electron chi connectivity index (χ1n) is 7.97. The SMILES string of the molecule is OCCCc1ccc(OBOc2ccc(CCCO)cc2)cc1.